The zero-order valence-corrected chi connectivity index (χ0v) is 5.95. The Morgan fingerprint density at radius 3 is 3.00 bits per heavy atom. The molecule has 0 saturated carbocycles. The molecule has 0 spiro atoms. The highest BCUT2D eigenvalue weighted by atomic mass is 35.5. The van der Waals surface area contributed by atoms with E-state index < -0.39 is 6.16 Å². The molecule has 0 aliphatic rings. The second-order valence-corrected chi connectivity index (χ2v) is 1.97. The predicted octanol–water partition coefficient (Wildman–Crippen LogP) is 1.19. The summed E-state index contributed by atoms with van der Waals surface area (Å²) < 4.78 is 4.22. The maximum atomic E-state index is 9.97. The van der Waals surface area contributed by atoms with Gasteiger partial charge in [-0.1, -0.05) is 11.6 Å². The second kappa shape index (κ2) is 3.16. The van der Waals surface area contributed by atoms with Crippen molar-refractivity contribution in [1.29, 1.82) is 0 Å². The molecule has 0 atom stereocenters. The quantitative estimate of drug-likeness (QED) is 0.648. The average Bonchev–Trinajstić information content (AvgIpc) is 1.85. The normalized spacial score (nSPS) is 9.18. The highest BCUT2D eigenvalue weighted by Gasteiger charge is 2.01. The van der Waals surface area contributed by atoms with Crippen LogP contribution in [0, 0.1) is 0 Å². The third kappa shape index (κ3) is 2.38. The van der Waals surface area contributed by atoms with Gasteiger partial charge in [0.15, 0.2) is 10.9 Å². The van der Waals surface area contributed by atoms with Crippen molar-refractivity contribution in [2.75, 3.05) is 0 Å². The largest absolute Gasteiger partial charge is 0.511 e. The number of carbonyl (C=O) groups is 1. The van der Waals surface area contributed by atoms with Crippen LogP contribution in [0.2, 0.25) is 5.15 Å². The molecule has 0 bridgehead atoms. The number of aromatic nitrogens is 2. The number of carboxylic acid groups (broad SMARTS) is 1. The van der Waals surface area contributed by atoms with Crippen LogP contribution in [-0.2, 0) is 0 Å². The van der Waals surface area contributed by atoms with E-state index in [9.17, 15) is 4.79 Å². The van der Waals surface area contributed by atoms with Crippen LogP contribution in [0.25, 0.3) is 0 Å². The molecule has 0 fully saturated rings. The summed E-state index contributed by atoms with van der Waals surface area (Å²) in [6.07, 6.45) is -0.255. The summed E-state index contributed by atoms with van der Waals surface area (Å²) >= 11 is 5.38. The van der Waals surface area contributed by atoms with Crippen molar-refractivity contribution in [3.63, 3.8) is 0 Å². The van der Waals surface area contributed by atoms with Gasteiger partial charge in [-0.15, -0.1) is 5.10 Å². The van der Waals surface area contributed by atoms with Crippen LogP contribution in [-0.4, -0.2) is 21.5 Å². The molecule has 1 rings (SSSR count). The lowest BCUT2D eigenvalue weighted by Crippen LogP contribution is -2.03. The van der Waals surface area contributed by atoms with E-state index in [4.69, 9.17) is 16.7 Å². The molecule has 1 aromatic heterocycles. The first-order valence-electron chi connectivity index (χ1n) is 2.57. The van der Waals surface area contributed by atoms with Gasteiger partial charge in [-0.3, -0.25) is 0 Å². The van der Waals surface area contributed by atoms with Gasteiger partial charge in [0.05, 0.1) is 6.20 Å². The van der Waals surface area contributed by atoms with Crippen molar-refractivity contribution < 1.29 is 14.6 Å². The van der Waals surface area contributed by atoms with Gasteiger partial charge in [-0.25, -0.2) is 4.79 Å². The standard InChI is InChI=1S/C5H3ClN2O3/c6-4-1-3(2-7-8-4)11-5(9)10/h1-2H,(H,9,10). The van der Waals surface area contributed by atoms with E-state index >= 15 is 0 Å². The van der Waals surface area contributed by atoms with Crippen molar-refractivity contribution in [3.8, 4) is 5.75 Å². The summed E-state index contributed by atoms with van der Waals surface area (Å²) in [6.45, 7) is 0. The van der Waals surface area contributed by atoms with Crippen LogP contribution in [0.15, 0.2) is 12.3 Å². The molecule has 0 aliphatic carbocycles. The average molecular weight is 175 g/mol. The smallest absolute Gasteiger partial charge is 0.449 e. The monoisotopic (exact) mass is 174 g/mol. The predicted molar refractivity (Wildman–Crippen MR) is 35.7 cm³/mol. The Morgan fingerprint density at radius 1 is 1.73 bits per heavy atom. The molecule has 0 aromatic carbocycles. The molecule has 1 aromatic rings. The van der Waals surface area contributed by atoms with Gasteiger partial charge in [0, 0.05) is 6.07 Å². The molecule has 5 nitrogen and oxygen atoms in total. The van der Waals surface area contributed by atoms with Gasteiger partial charge in [0.25, 0.3) is 0 Å². The fourth-order valence-corrected chi connectivity index (χ4v) is 0.632. The molecular weight excluding hydrogens is 172 g/mol. The van der Waals surface area contributed by atoms with Crippen LogP contribution < -0.4 is 4.74 Å². The van der Waals surface area contributed by atoms with E-state index in [0.29, 0.717) is 0 Å². The van der Waals surface area contributed by atoms with Gasteiger partial charge in [0.2, 0.25) is 0 Å². The lowest BCUT2D eigenvalue weighted by atomic mass is 10.5. The van der Waals surface area contributed by atoms with Crippen molar-refractivity contribution in [3.05, 3.63) is 17.4 Å². The molecule has 0 radical (unpaired) electrons. The molecule has 1 heterocycles. The summed E-state index contributed by atoms with van der Waals surface area (Å²) in [5.74, 6) is 0.0532. The first kappa shape index (κ1) is 7.74. The molecule has 0 aliphatic heterocycles. The first-order valence-corrected chi connectivity index (χ1v) is 2.95. The van der Waals surface area contributed by atoms with Gasteiger partial charge in [-0.2, -0.15) is 5.10 Å². The Labute approximate surface area is 66.6 Å². The highest BCUT2D eigenvalue weighted by molar-refractivity contribution is 6.29. The SMILES string of the molecule is O=C(O)Oc1cnnc(Cl)c1. The van der Waals surface area contributed by atoms with Crippen molar-refractivity contribution in [2.45, 2.75) is 0 Å². The van der Waals surface area contributed by atoms with Gasteiger partial charge >= 0.3 is 6.16 Å². The summed E-state index contributed by atoms with van der Waals surface area (Å²) in [5.41, 5.74) is 0. The van der Waals surface area contributed by atoms with Crippen molar-refractivity contribution in [1.82, 2.24) is 10.2 Å². The van der Waals surface area contributed by atoms with Crippen LogP contribution in [0.5, 0.6) is 5.75 Å². The Bertz CT molecular complexity index is 278. The van der Waals surface area contributed by atoms with Crippen molar-refractivity contribution >= 4 is 17.8 Å². The van der Waals surface area contributed by atoms with Crippen molar-refractivity contribution in [2.24, 2.45) is 0 Å². The lowest BCUT2D eigenvalue weighted by Gasteiger charge is -1.96. The fraction of sp³-hybridized carbons (Fsp3) is 0. The number of ether oxygens (including phenoxy) is 1. The Kier molecular flexibility index (Phi) is 2.22. The maximum Gasteiger partial charge on any atom is 0.511 e. The van der Waals surface area contributed by atoms with Crippen LogP contribution in [0.4, 0.5) is 4.79 Å². The zero-order chi connectivity index (χ0) is 8.27. The molecule has 0 unspecified atom stereocenters. The molecule has 6 heteroatoms. The van der Waals surface area contributed by atoms with Crippen LogP contribution in [0.1, 0.15) is 0 Å². The van der Waals surface area contributed by atoms with Crippen LogP contribution in [0.3, 0.4) is 0 Å². The third-order valence-corrected chi connectivity index (χ3v) is 0.989. The van der Waals surface area contributed by atoms with E-state index in [1.165, 1.54) is 6.07 Å². The lowest BCUT2D eigenvalue weighted by molar-refractivity contribution is 0.144. The minimum atomic E-state index is -1.41. The summed E-state index contributed by atoms with van der Waals surface area (Å²) in [5, 5.41) is 15.0. The Balaban J connectivity index is 2.79. The molecule has 0 amide bonds. The van der Waals surface area contributed by atoms with Gasteiger partial charge < -0.3 is 9.84 Å². The Morgan fingerprint density at radius 2 is 2.45 bits per heavy atom. The molecule has 0 saturated heterocycles. The molecule has 11 heavy (non-hydrogen) atoms. The number of nitrogens with zero attached hydrogens (tertiary/aromatic N) is 2. The Hall–Kier alpha value is -1.36. The minimum Gasteiger partial charge on any atom is -0.449 e. The number of halogens is 1. The summed E-state index contributed by atoms with van der Waals surface area (Å²) in [4.78, 5) is 9.97. The molecule has 1 N–H and O–H groups in total. The number of rotatable bonds is 1. The molecular formula is C5H3ClN2O3. The maximum absolute atomic E-state index is 9.97. The topological polar surface area (TPSA) is 72.3 Å². The van der Waals surface area contributed by atoms with E-state index in [0.717, 1.165) is 6.20 Å². The molecule has 58 valence electrons. The van der Waals surface area contributed by atoms with E-state index in [1.54, 1.807) is 0 Å². The number of hydrogen-bond acceptors (Lipinski definition) is 4. The van der Waals surface area contributed by atoms with Gasteiger partial charge in [0.1, 0.15) is 0 Å². The fourth-order valence-electron chi connectivity index (χ4n) is 0.481. The third-order valence-electron chi connectivity index (χ3n) is 0.805. The van der Waals surface area contributed by atoms with E-state index in [1.807, 2.05) is 0 Å². The van der Waals surface area contributed by atoms with E-state index in [2.05, 4.69) is 14.9 Å². The zero-order valence-electron chi connectivity index (χ0n) is 5.19. The van der Waals surface area contributed by atoms with Gasteiger partial charge in [-0.05, 0) is 0 Å². The van der Waals surface area contributed by atoms with Crippen LogP contribution >= 0.6 is 11.6 Å². The second-order valence-electron chi connectivity index (χ2n) is 1.58. The summed E-state index contributed by atoms with van der Waals surface area (Å²) in [7, 11) is 0. The summed E-state index contributed by atoms with van der Waals surface area (Å²) in [6, 6.07) is 1.25. The highest BCUT2D eigenvalue weighted by Crippen LogP contribution is 2.12. The first-order chi connectivity index (χ1) is 5.18. The minimum absolute atomic E-state index is 0.0532. The van der Waals surface area contributed by atoms with E-state index in [-0.39, 0.29) is 10.9 Å². The number of hydrogen-bond donors (Lipinski definition) is 1.